The Morgan fingerprint density at radius 2 is 1.80 bits per heavy atom. The first-order valence-corrected chi connectivity index (χ1v) is 12.0. The number of nitrogens with one attached hydrogen (secondary N) is 1. The van der Waals surface area contributed by atoms with E-state index in [0.29, 0.717) is 11.3 Å². The number of amides is 1. The number of benzene rings is 2. The van der Waals surface area contributed by atoms with Gasteiger partial charge in [-0.05, 0) is 30.0 Å². The van der Waals surface area contributed by atoms with Crippen molar-refractivity contribution in [2.24, 2.45) is 5.92 Å². The Bertz CT molecular complexity index is 1300. The molecule has 3 rings (SSSR count). The second-order valence-corrected chi connectivity index (χ2v) is 9.38. The average Bonchev–Trinajstić information content (AvgIpc) is 2.83. The number of carbonyl (C=O) groups is 1. The van der Waals surface area contributed by atoms with Crippen molar-refractivity contribution in [1.82, 2.24) is 9.55 Å². The lowest BCUT2D eigenvalue weighted by atomic mass is 10.1. The van der Waals surface area contributed by atoms with E-state index < -0.39 is 16.2 Å². The molecule has 10 nitrogen and oxygen atoms in total. The zero-order valence-corrected chi connectivity index (χ0v) is 20.3. The minimum atomic E-state index is -0.728. The largest absolute Gasteiger partial charge is 0.383 e. The highest BCUT2D eigenvalue weighted by atomic mass is 32.2. The van der Waals surface area contributed by atoms with Crippen LogP contribution in [0.3, 0.4) is 0 Å². The molecular weight excluding hydrogens is 470 g/mol. The number of aromatic amines is 1. The molecule has 0 bridgehead atoms. The van der Waals surface area contributed by atoms with Crippen LogP contribution in [-0.2, 0) is 11.3 Å². The maximum Gasteiger partial charge on any atom is 0.330 e. The zero-order chi connectivity index (χ0) is 25.5. The molecule has 1 heterocycles. The minimum absolute atomic E-state index is 0.0212. The SMILES string of the molecule is CC(C)CCN(C(=O)CSc1ccc([N+](=O)[O-])cc1)c1c(N)n(Cc2ccccc2)c(=O)[nH]c1=O. The Morgan fingerprint density at radius 1 is 1.14 bits per heavy atom. The molecule has 0 atom stereocenters. The maximum absolute atomic E-state index is 13.3. The standard InChI is InChI=1S/C24H27N5O5S/c1-16(2)12-13-27(20(30)15-35-19-10-8-18(9-11-19)29(33)34)21-22(25)28(24(32)26-23(21)31)14-17-6-4-3-5-7-17/h3-11,16H,12-15,25H2,1-2H3,(H,26,31,32). The normalized spacial score (nSPS) is 10.9. The van der Waals surface area contributed by atoms with Gasteiger partial charge in [-0.15, -0.1) is 11.8 Å². The first-order valence-electron chi connectivity index (χ1n) is 11.0. The monoisotopic (exact) mass is 497 g/mol. The highest BCUT2D eigenvalue weighted by Gasteiger charge is 2.24. The molecule has 0 aliphatic carbocycles. The van der Waals surface area contributed by atoms with E-state index in [9.17, 15) is 24.5 Å². The lowest BCUT2D eigenvalue weighted by Crippen LogP contribution is -2.42. The molecule has 2 aromatic carbocycles. The van der Waals surface area contributed by atoms with Gasteiger partial charge in [-0.2, -0.15) is 0 Å². The van der Waals surface area contributed by atoms with Crippen molar-refractivity contribution in [2.75, 3.05) is 22.9 Å². The van der Waals surface area contributed by atoms with Crippen LogP contribution < -0.4 is 21.9 Å². The van der Waals surface area contributed by atoms with Crippen LogP contribution in [0, 0.1) is 16.0 Å². The lowest BCUT2D eigenvalue weighted by Gasteiger charge is -2.25. The number of aromatic nitrogens is 2. The van der Waals surface area contributed by atoms with Crippen LogP contribution >= 0.6 is 11.8 Å². The van der Waals surface area contributed by atoms with Gasteiger partial charge in [-0.1, -0.05) is 44.2 Å². The van der Waals surface area contributed by atoms with E-state index in [4.69, 9.17) is 5.73 Å². The third-order valence-corrected chi connectivity index (χ3v) is 6.31. The van der Waals surface area contributed by atoms with Crippen LogP contribution in [0.2, 0.25) is 0 Å². The number of hydrogen-bond donors (Lipinski definition) is 2. The van der Waals surface area contributed by atoms with Gasteiger partial charge in [0.05, 0.1) is 17.2 Å². The maximum atomic E-state index is 13.3. The second-order valence-electron chi connectivity index (χ2n) is 8.33. The fourth-order valence-electron chi connectivity index (χ4n) is 3.40. The topological polar surface area (TPSA) is 144 Å². The Morgan fingerprint density at radius 3 is 2.40 bits per heavy atom. The summed E-state index contributed by atoms with van der Waals surface area (Å²) in [6.45, 7) is 4.38. The van der Waals surface area contributed by atoms with Gasteiger partial charge < -0.3 is 10.6 Å². The van der Waals surface area contributed by atoms with Crippen LogP contribution in [0.4, 0.5) is 17.2 Å². The molecule has 0 fully saturated rings. The highest BCUT2D eigenvalue weighted by molar-refractivity contribution is 8.00. The number of nitrogen functional groups attached to an aromatic ring is 1. The van der Waals surface area contributed by atoms with Gasteiger partial charge in [-0.3, -0.25) is 29.3 Å². The van der Waals surface area contributed by atoms with E-state index in [2.05, 4.69) is 4.98 Å². The van der Waals surface area contributed by atoms with Gasteiger partial charge in [0.15, 0.2) is 5.69 Å². The number of nitrogens with two attached hydrogens (primary N) is 1. The third-order valence-electron chi connectivity index (χ3n) is 5.31. The summed E-state index contributed by atoms with van der Waals surface area (Å²) in [5.74, 6) is -0.216. The predicted molar refractivity (Wildman–Crippen MR) is 137 cm³/mol. The molecule has 0 radical (unpaired) electrons. The Kier molecular flexibility index (Phi) is 8.48. The van der Waals surface area contributed by atoms with Gasteiger partial charge >= 0.3 is 5.69 Å². The predicted octanol–water partition coefficient (Wildman–Crippen LogP) is 3.25. The van der Waals surface area contributed by atoms with Gasteiger partial charge in [0.25, 0.3) is 11.2 Å². The Hall–Kier alpha value is -3.86. The van der Waals surface area contributed by atoms with Gasteiger partial charge in [0, 0.05) is 23.6 Å². The average molecular weight is 498 g/mol. The molecule has 0 aliphatic rings. The Balaban J connectivity index is 1.91. The van der Waals surface area contributed by atoms with Crippen molar-refractivity contribution >= 4 is 34.9 Å². The molecule has 0 saturated heterocycles. The molecule has 3 N–H and O–H groups in total. The third kappa shape index (κ3) is 6.60. The van der Waals surface area contributed by atoms with Crippen molar-refractivity contribution in [3.8, 4) is 0 Å². The van der Waals surface area contributed by atoms with Crippen LogP contribution in [0.25, 0.3) is 0 Å². The lowest BCUT2D eigenvalue weighted by molar-refractivity contribution is -0.384. The summed E-state index contributed by atoms with van der Waals surface area (Å²) >= 11 is 1.19. The summed E-state index contributed by atoms with van der Waals surface area (Å²) in [4.78, 5) is 53.3. The molecular formula is C24H27N5O5S. The van der Waals surface area contributed by atoms with E-state index in [0.717, 1.165) is 5.56 Å². The molecule has 184 valence electrons. The quantitative estimate of drug-likeness (QED) is 0.248. The number of nitrogens with zero attached hydrogens (tertiary/aromatic N) is 3. The summed E-state index contributed by atoms with van der Waals surface area (Å²) in [5.41, 5.74) is 5.64. The highest BCUT2D eigenvalue weighted by Crippen LogP contribution is 2.24. The summed E-state index contributed by atoms with van der Waals surface area (Å²) in [5, 5.41) is 10.9. The van der Waals surface area contributed by atoms with Crippen molar-refractivity contribution in [1.29, 1.82) is 0 Å². The van der Waals surface area contributed by atoms with Crippen molar-refractivity contribution in [3.05, 3.63) is 91.1 Å². The summed E-state index contributed by atoms with van der Waals surface area (Å²) < 4.78 is 1.24. The summed E-state index contributed by atoms with van der Waals surface area (Å²) in [6.07, 6.45) is 0.616. The van der Waals surface area contributed by atoms with E-state index in [-0.39, 0.29) is 47.9 Å². The van der Waals surface area contributed by atoms with Crippen LogP contribution in [0.5, 0.6) is 0 Å². The Labute approximate surface area is 205 Å². The molecule has 1 amide bonds. The number of anilines is 2. The molecule has 35 heavy (non-hydrogen) atoms. The molecule has 3 aromatic rings. The molecule has 11 heteroatoms. The van der Waals surface area contributed by atoms with E-state index in [1.54, 1.807) is 12.1 Å². The number of carbonyl (C=O) groups excluding carboxylic acids is 1. The molecule has 0 aliphatic heterocycles. The molecule has 0 spiro atoms. The van der Waals surface area contributed by atoms with Crippen LogP contribution in [0.1, 0.15) is 25.8 Å². The van der Waals surface area contributed by atoms with E-state index in [1.165, 1.54) is 33.4 Å². The van der Waals surface area contributed by atoms with Crippen LogP contribution in [-0.4, -0.2) is 32.7 Å². The summed E-state index contributed by atoms with van der Waals surface area (Å²) in [7, 11) is 0. The summed E-state index contributed by atoms with van der Waals surface area (Å²) in [6, 6.07) is 15.0. The number of nitro benzene ring substituents is 1. The fraction of sp³-hybridized carbons (Fsp3) is 0.292. The number of hydrogen-bond acceptors (Lipinski definition) is 7. The van der Waals surface area contributed by atoms with Gasteiger partial charge in [-0.25, -0.2) is 4.79 Å². The van der Waals surface area contributed by atoms with Gasteiger partial charge in [0.2, 0.25) is 5.91 Å². The fourth-order valence-corrected chi connectivity index (χ4v) is 4.17. The van der Waals surface area contributed by atoms with Crippen LogP contribution in [0.15, 0.2) is 69.1 Å². The number of thioether (sulfide) groups is 1. The second kappa shape index (κ2) is 11.5. The number of rotatable bonds is 10. The molecule has 1 aromatic heterocycles. The first kappa shape index (κ1) is 25.8. The number of H-pyrrole nitrogens is 1. The molecule has 0 unspecified atom stereocenters. The van der Waals surface area contributed by atoms with E-state index in [1.807, 2.05) is 44.2 Å². The first-order chi connectivity index (χ1) is 16.7. The molecule has 0 saturated carbocycles. The number of non-ortho nitro benzene ring substituents is 1. The smallest absolute Gasteiger partial charge is 0.330 e. The minimum Gasteiger partial charge on any atom is -0.383 e. The zero-order valence-electron chi connectivity index (χ0n) is 19.5. The van der Waals surface area contributed by atoms with Crippen molar-refractivity contribution in [3.63, 3.8) is 0 Å². The van der Waals surface area contributed by atoms with Crippen molar-refractivity contribution < 1.29 is 9.72 Å². The number of nitro groups is 1. The van der Waals surface area contributed by atoms with Crippen molar-refractivity contribution in [2.45, 2.75) is 31.7 Å². The van der Waals surface area contributed by atoms with Gasteiger partial charge in [0.1, 0.15) is 5.82 Å². The van der Waals surface area contributed by atoms with E-state index >= 15 is 0 Å².